The van der Waals surface area contributed by atoms with Crippen LogP contribution < -0.4 is 0 Å². The molecular formula is C24H32F2N2O4. The summed E-state index contributed by atoms with van der Waals surface area (Å²) in [5, 5.41) is 0. The molecule has 6 aliphatic rings. The minimum atomic E-state index is -1.74. The maximum absolute atomic E-state index is 15.0. The van der Waals surface area contributed by atoms with Crippen LogP contribution in [-0.4, -0.2) is 84.4 Å². The first-order valence-electron chi connectivity index (χ1n) is 12.4. The second-order valence-electron chi connectivity index (χ2n) is 10.5. The average molecular weight is 451 g/mol. The topological polar surface area (TPSA) is 59.1 Å². The monoisotopic (exact) mass is 450 g/mol. The van der Waals surface area contributed by atoms with Gasteiger partial charge >= 0.3 is 0 Å². The Labute approximate surface area is 187 Å². The van der Waals surface area contributed by atoms with E-state index in [-0.39, 0.29) is 35.8 Å². The van der Waals surface area contributed by atoms with Crippen molar-refractivity contribution < 1.29 is 27.8 Å². The molecule has 3 heterocycles. The number of rotatable bonds is 1. The second-order valence-corrected chi connectivity index (χ2v) is 10.5. The maximum Gasteiger partial charge on any atom is 0.259 e. The van der Waals surface area contributed by atoms with Crippen molar-refractivity contribution in [1.82, 2.24) is 9.80 Å². The zero-order chi connectivity index (χ0) is 22.0. The van der Waals surface area contributed by atoms with Gasteiger partial charge in [0, 0.05) is 25.2 Å². The van der Waals surface area contributed by atoms with Gasteiger partial charge in [-0.15, -0.1) is 0 Å². The lowest BCUT2D eigenvalue weighted by molar-refractivity contribution is -0.219. The van der Waals surface area contributed by atoms with E-state index in [1.54, 1.807) is 11.1 Å². The minimum Gasteiger partial charge on any atom is -0.378 e. The Bertz CT molecular complexity index is 816. The molecule has 9 atom stereocenters. The summed E-state index contributed by atoms with van der Waals surface area (Å²) >= 11 is 0. The zero-order valence-corrected chi connectivity index (χ0v) is 18.3. The lowest BCUT2D eigenvalue weighted by Gasteiger charge is -2.59. The number of ketones is 1. The van der Waals surface area contributed by atoms with Crippen LogP contribution in [0.4, 0.5) is 8.78 Å². The number of halogens is 2. The molecule has 8 heteroatoms. The Morgan fingerprint density at radius 3 is 2.50 bits per heavy atom. The number of ether oxygens (including phenoxy) is 2. The average Bonchev–Trinajstić information content (AvgIpc) is 2.82. The highest BCUT2D eigenvalue weighted by Crippen LogP contribution is 2.50. The van der Waals surface area contributed by atoms with Gasteiger partial charge in [0.25, 0.3) is 5.91 Å². The first-order valence-corrected chi connectivity index (χ1v) is 12.4. The predicted molar refractivity (Wildman–Crippen MR) is 111 cm³/mol. The number of fused-ring (bicyclic) bond motifs is 3. The Morgan fingerprint density at radius 1 is 1.03 bits per heavy atom. The number of hydrogen-bond donors (Lipinski definition) is 0. The van der Waals surface area contributed by atoms with Crippen LogP contribution in [0.5, 0.6) is 0 Å². The molecule has 9 unspecified atom stereocenters. The summed E-state index contributed by atoms with van der Waals surface area (Å²) in [7, 11) is 0. The number of carbonyl (C=O) groups is 2. The first kappa shape index (κ1) is 21.0. The van der Waals surface area contributed by atoms with E-state index in [0.717, 1.165) is 12.8 Å². The summed E-state index contributed by atoms with van der Waals surface area (Å²) in [6, 6.07) is -0.505. The normalized spacial score (nSPS) is 46.0. The van der Waals surface area contributed by atoms with Gasteiger partial charge in [-0.25, -0.2) is 8.78 Å². The number of Topliss-reactive ketones (excluding diaryl/α,β-unsaturated/α-hetero) is 1. The molecule has 3 saturated carbocycles. The van der Waals surface area contributed by atoms with Gasteiger partial charge in [-0.1, -0.05) is 25.7 Å². The Morgan fingerprint density at radius 2 is 1.75 bits per heavy atom. The van der Waals surface area contributed by atoms with Crippen molar-refractivity contribution in [2.24, 2.45) is 17.8 Å². The number of alkyl halides is 2. The van der Waals surface area contributed by atoms with Gasteiger partial charge in [-0.05, 0) is 31.1 Å². The largest absolute Gasteiger partial charge is 0.378 e. The van der Waals surface area contributed by atoms with E-state index in [1.165, 1.54) is 25.7 Å². The molecule has 0 aromatic carbocycles. The van der Waals surface area contributed by atoms with Crippen LogP contribution in [0, 0.1) is 17.8 Å². The summed E-state index contributed by atoms with van der Waals surface area (Å²) < 4.78 is 41.4. The number of carbonyl (C=O) groups excluding carboxylic acids is 2. The third kappa shape index (κ3) is 3.23. The summed E-state index contributed by atoms with van der Waals surface area (Å²) in [5.41, 5.74) is 0.128. The van der Waals surface area contributed by atoms with E-state index >= 15 is 4.39 Å². The summed E-state index contributed by atoms with van der Waals surface area (Å²) in [6.45, 7) is 1.78. The Kier molecular flexibility index (Phi) is 5.29. The fourth-order valence-electron chi connectivity index (χ4n) is 7.33. The van der Waals surface area contributed by atoms with Crippen LogP contribution in [0.15, 0.2) is 11.8 Å². The molecule has 0 radical (unpaired) electrons. The van der Waals surface area contributed by atoms with Crippen molar-refractivity contribution in [2.45, 2.75) is 81.6 Å². The molecule has 3 aliphatic carbocycles. The third-order valence-electron chi connectivity index (χ3n) is 8.93. The van der Waals surface area contributed by atoms with E-state index in [1.807, 2.05) is 0 Å². The molecule has 6 rings (SSSR count). The maximum atomic E-state index is 15.0. The van der Waals surface area contributed by atoms with Crippen molar-refractivity contribution in [3.05, 3.63) is 11.8 Å². The highest BCUT2D eigenvalue weighted by atomic mass is 19.2. The smallest absolute Gasteiger partial charge is 0.259 e. The van der Waals surface area contributed by atoms with Gasteiger partial charge in [0.15, 0.2) is 12.0 Å². The molecule has 6 nitrogen and oxygen atoms in total. The molecule has 2 saturated heterocycles. The van der Waals surface area contributed by atoms with Gasteiger partial charge in [-0.2, -0.15) is 0 Å². The summed E-state index contributed by atoms with van der Waals surface area (Å²) in [5.74, 6) is -0.218. The molecule has 1 amide bonds. The third-order valence-corrected chi connectivity index (χ3v) is 8.93. The fourth-order valence-corrected chi connectivity index (χ4v) is 7.33. The van der Waals surface area contributed by atoms with Crippen molar-refractivity contribution in [2.75, 3.05) is 26.3 Å². The number of hydrogen-bond acceptors (Lipinski definition) is 5. The van der Waals surface area contributed by atoms with Crippen LogP contribution in [0.25, 0.3) is 0 Å². The fraction of sp³-hybridized carbons (Fsp3) is 0.833. The Hall–Kier alpha value is -1.54. The molecule has 0 bridgehead atoms. The first-order chi connectivity index (χ1) is 15.5. The summed E-state index contributed by atoms with van der Waals surface area (Å²) in [4.78, 5) is 30.4. The molecule has 0 N–H and O–H groups in total. The van der Waals surface area contributed by atoms with E-state index < -0.39 is 30.4 Å². The van der Waals surface area contributed by atoms with E-state index in [9.17, 15) is 14.0 Å². The lowest BCUT2D eigenvalue weighted by atomic mass is 9.65. The van der Waals surface area contributed by atoms with E-state index in [4.69, 9.17) is 9.47 Å². The molecule has 0 aromatic heterocycles. The van der Waals surface area contributed by atoms with Gasteiger partial charge in [0.2, 0.25) is 0 Å². The molecule has 32 heavy (non-hydrogen) atoms. The van der Waals surface area contributed by atoms with Crippen LogP contribution in [0.1, 0.15) is 44.9 Å². The van der Waals surface area contributed by atoms with Gasteiger partial charge < -0.3 is 19.3 Å². The quantitative estimate of drug-likeness (QED) is 0.575. The molecule has 0 spiro atoms. The van der Waals surface area contributed by atoms with Gasteiger partial charge in [-0.3, -0.25) is 9.59 Å². The van der Waals surface area contributed by atoms with E-state index in [0.29, 0.717) is 38.1 Å². The highest BCUT2D eigenvalue weighted by molar-refractivity contribution is 6.20. The lowest BCUT2D eigenvalue weighted by Crippen LogP contribution is -2.71. The van der Waals surface area contributed by atoms with Crippen LogP contribution in [0.3, 0.4) is 0 Å². The van der Waals surface area contributed by atoms with Crippen LogP contribution in [-0.2, 0) is 19.1 Å². The number of nitrogens with zero attached hydrogens (tertiary/aromatic N) is 2. The zero-order valence-electron chi connectivity index (χ0n) is 18.3. The molecule has 176 valence electrons. The molecular weight excluding hydrogens is 418 g/mol. The second kappa shape index (κ2) is 8.05. The SMILES string of the molecule is O=C1C(C(=O)N2CCOCC2)=CN2C3CC4CCCCC4CC3OC3C(F)C(F)CC1C32. The molecule has 0 aromatic rings. The minimum absolute atomic E-state index is 0.0158. The predicted octanol–water partition coefficient (Wildman–Crippen LogP) is 2.41. The Balaban J connectivity index is 1.37. The van der Waals surface area contributed by atoms with Gasteiger partial charge in [0.05, 0.1) is 37.0 Å². The van der Waals surface area contributed by atoms with Crippen molar-refractivity contribution in [3.8, 4) is 0 Å². The molecule has 5 fully saturated rings. The van der Waals surface area contributed by atoms with Crippen LogP contribution >= 0.6 is 0 Å². The molecule has 3 aliphatic heterocycles. The van der Waals surface area contributed by atoms with Gasteiger partial charge in [0.1, 0.15) is 12.3 Å². The van der Waals surface area contributed by atoms with E-state index in [2.05, 4.69) is 4.90 Å². The number of amides is 1. The highest BCUT2D eigenvalue weighted by Gasteiger charge is 2.60. The summed E-state index contributed by atoms with van der Waals surface area (Å²) in [6.07, 6.45) is 3.53. The van der Waals surface area contributed by atoms with Crippen molar-refractivity contribution in [3.63, 3.8) is 0 Å². The van der Waals surface area contributed by atoms with Crippen molar-refractivity contribution in [1.29, 1.82) is 0 Å². The standard InChI is InChI=1S/C24H32F2N2O4/c25-17-11-15-21-23(20(17)26)32-19-10-14-4-2-1-3-13(14)9-18(19)28(21)12-16(22(15)29)24(30)27-5-7-31-8-6-27/h12-15,17-21,23H,1-11H2. The van der Waals surface area contributed by atoms with Crippen molar-refractivity contribution >= 4 is 11.7 Å². The van der Waals surface area contributed by atoms with Crippen LogP contribution in [0.2, 0.25) is 0 Å². The number of morpholine rings is 2.